The highest BCUT2D eigenvalue weighted by Crippen LogP contribution is 2.04. The Hall–Kier alpha value is -1.69. The average molecular weight is 211 g/mol. The van der Waals surface area contributed by atoms with Crippen LogP contribution in [0.5, 0.6) is 5.88 Å². The first-order valence-corrected chi connectivity index (χ1v) is 4.38. The summed E-state index contributed by atoms with van der Waals surface area (Å²) in [6, 6.07) is 3.45. The molecular formula is C9H13N3O3. The molecule has 6 heteroatoms. The molecule has 0 aliphatic rings. The number of carboxylic acid groups (broad SMARTS) is 1. The Labute approximate surface area is 87.5 Å². The van der Waals surface area contributed by atoms with E-state index in [0.29, 0.717) is 18.1 Å². The number of hydrogen-bond acceptors (Lipinski definition) is 5. The van der Waals surface area contributed by atoms with Crippen LogP contribution in [0, 0.1) is 0 Å². The topological polar surface area (TPSA) is 75.5 Å². The molecule has 1 N–H and O–H groups in total. The third-order valence-corrected chi connectivity index (χ3v) is 1.74. The fourth-order valence-electron chi connectivity index (χ4n) is 1.10. The maximum absolute atomic E-state index is 10.4. The second-order valence-corrected chi connectivity index (χ2v) is 3.13. The standard InChI is InChI=1S/C9H13N3O3/c1-12(6-9(13)14)5-7-3-4-8(15-2)11-10-7/h3-4H,5-6H2,1-2H3,(H,13,14). The molecule has 0 saturated heterocycles. The molecule has 0 aliphatic heterocycles. The summed E-state index contributed by atoms with van der Waals surface area (Å²) in [5.74, 6) is -0.418. The van der Waals surface area contributed by atoms with Gasteiger partial charge in [-0.3, -0.25) is 9.69 Å². The van der Waals surface area contributed by atoms with E-state index in [4.69, 9.17) is 9.84 Å². The lowest BCUT2D eigenvalue weighted by Gasteiger charge is -2.12. The number of hydrogen-bond donors (Lipinski definition) is 1. The van der Waals surface area contributed by atoms with E-state index in [2.05, 4.69) is 10.2 Å². The van der Waals surface area contributed by atoms with Crippen molar-refractivity contribution in [3.63, 3.8) is 0 Å². The summed E-state index contributed by atoms with van der Waals surface area (Å²) in [4.78, 5) is 12.0. The minimum Gasteiger partial charge on any atom is -0.480 e. The van der Waals surface area contributed by atoms with E-state index in [0.717, 1.165) is 0 Å². The van der Waals surface area contributed by atoms with Crippen LogP contribution >= 0.6 is 0 Å². The number of methoxy groups -OCH3 is 1. The van der Waals surface area contributed by atoms with E-state index >= 15 is 0 Å². The lowest BCUT2D eigenvalue weighted by molar-refractivity contribution is -0.138. The van der Waals surface area contributed by atoms with Gasteiger partial charge in [-0.2, -0.15) is 5.10 Å². The van der Waals surface area contributed by atoms with Gasteiger partial charge in [0.25, 0.3) is 0 Å². The molecule has 0 aromatic carbocycles. The molecule has 0 saturated carbocycles. The van der Waals surface area contributed by atoms with Crippen LogP contribution in [0.2, 0.25) is 0 Å². The Kier molecular flexibility index (Phi) is 3.99. The van der Waals surface area contributed by atoms with Gasteiger partial charge < -0.3 is 9.84 Å². The summed E-state index contributed by atoms with van der Waals surface area (Å²) in [5.41, 5.74) is 0.708. The summed E-state index contributed by atoms with van der Waals surface area (Å²) in [6.07, 6.45) is 0. The molecule has 15 heavy (non-hydrogen) atoms. The van der Waals surface area contributed by atoms with E-state index in [9.17, 15) is 4.79 Å². The number of nitrogens with zero attached hydrogens (tertiary/aromatic N) is 3. The second kappa shape index (κ2) is 5.26. The first-order chi connectivity index (χ1) is 7.11. The van der Waals surface area contributed by atoms with Crippen molar-refractivity contribution in [2.24, 2.45) is 0 Å². The Morgan fingerprint density at radius 3 is 2.73 bits per heavy atom. The molecule has 6 nitrogen and oxygen atoms in total. The lowest BCUT2D eigenvalue weighted by Crippen LogP contribution is -2.25. The molecule has 0 radical (unpaired) electrons. The highest BCUT2D eigenvalue weighted by Gasteiger charge is 2.06. The van der Waals surface area contributed by atoms with Crippen LogP contribution in [0.15, 0.2) is 12.1 Å². The zero-order valence-corrected chi connectivity index (χ0v) is 8.67. The number of aromatic nitrogens is 2. The number of ether oxygens (including phenoxy) is 1. The predicted octanol–water partition coefficient (Wildman–Crippen LogP) is 0.00160. The Balaban J connectivity index is 2.53. The van der Waals surface area contributed by atoms with E-state index in [-0.39, 0.29) is 6.54 Å². The quantitative estimate of drug-likeness (QED) is 0.739. The van der Waals surface area contributed by atoms with Gasteiger partial charge in [0, 0.05) is 12.6 Å². The highest BCUT2D eigenvalue weighted by atomic mass is 16.5. The summed E-state index contributed by atoms with van der Waals surface area (Å²) < 4.78 is 4.86. The number of aliphatic carboxylic acids is 1. The van der Waals surface area contributed by atoms with Gasteiger partial charge in [0.2, 0.25) is 5.88 Å². The molecule has 0 bridgehead atoms. The van der Waals surface area contributed by atoms with Gasteiger partial charge in [-0.05, 0) is 13.1 Å². The van der Waals surface area contributed by atoms with Gasteiger partial charge >= 0.3 is 5.97 Å². The number of rotatable bonds is 5. The molecule has 1 aromatic heterocycles. The zero-order valence-electron chi connectivity index (χ0n) is 8.67. The van der Waals surface area contributed by atoms with Crippen LogP contribution in [0.1, 0.15) is 5.69 Å². The number of carbonyl (C=O) groups is 1. The van der Waals surface area contributed by atoms with Crippen molar-refractivity contribution < 1.29 is 14.6 Å². The van der Waals surface area contributed by atoms with E-state index in [1.165, 1.54) is 7.11 Å². The van der Waals surface area contributed by atoms with E-state index < -0.39 is 5.97 Å². The average Bonchev–Trinajstić information content (AvgIpc) is 2.17. The minimum atomic E-state index is -0.862. The lowest BCUT2D eigenvalue weighted by atomic mass is 10.3. The molecular weight excluding hydrogens is 198 g/mol. The van der Waals surface area contributed by atoms with Gasteiger partial charge in [0.15, 0.2) is 0 Å². The van der Waals surface area contributed by atoms with Crippen LogP contribution in [-0.4, -0.2) is 46.9 Å². The van der Waals surface area contributed by atoms with Crippen LogP contribution in [0.25, 0.3) is 0 Å². The SMILES string of the molecule is COc1ccc(CN(C)CC(=O)O)nn1. The fourth-order valence-corrected chi connectivity index (χ4v) is 1.10. The van der Waals surface area contributed by atoms with Crippen molar-refractivity contribution in [3.05, 3.63) is 17.8 Å². The third kappa shape index (κ3) is 3.90. The van der Waals surface area contributed by atoms with Gasteiger partial charge in [-0.15, -0.1) is 5.10 Å². The van der Waals surface area contributed by atoms with Crippen LogP contribution in [0.4, 0.5) is 0 Å². The van der Waals surface area contributed by atoms with E-state index in [1.54, 1.807) is 24.1 Å². The molecule has 0 fully saturated rings. The van der Waals surface area contributed by atoms with Crippen molar-refractivity contribution in [1.82, 2.24) is 15.1 Å². The summed E-state index contributed by atoms with van der Waals surface area (Å²) in [5, 5.41) is 16.2. The van der Waals surface area contributed by atoms with Crippen LogP contribution < -0.4 is 4.74 Å². The summed E-state index contributed by atoms with van der Waals surface area (Å²) >= 11 is 0. The second-order valence-electron chi connectivity index (χ2n) is 3.13. The number of carboxylic acids is 1. The van der Waals surface area contributed by atoms with Crippen molar-refractivity contribution in [1.29, 1.82) is 0 Å². The van der Waals surface area contributed by atoms with Crippen LogP contribution in [-0.2, 0) is 11.3 Å². The monoisotopic (exact) mass is 211 g/mol. The van der Waals surface area contributed by atoms with Gasteiger partial charge in [-0.1, -0.05) is 0 Å². The molecule has 1 heterocycles. The molecule has 1 aromatic rings. The van der Waals surface area contributed by atoms with Crippen molar-refractivity contribution in [3.8, 4) is 5.88 Å². The Morgan fingerprint density at radius 1 is 1.53 bits per heavy atom. The van der Waals surface area contributed by atoms with Crippen molar-refractivity contribution in [2.75, 3.05) is 20.7 Å². The Bertz CT molecular complexity index is 326. The zero-order chi connectivity index (χ0) is 11.3. The Morgan fingerprint density at radius 2 is 2.27 bits per heavy atom. The van der Waals surface area contributed by atoms with Crippen molar-refractivity contribution in [2.45, 2.75) is 6.54 Å². The number of likely N-dealkylation sites (N-methyl/N-ethyl adjacent to an activating group) is 1. The predicted molar refractivity (Wildman–Crippen MR) is 52.6 cm³/mol. The minimum absolute atomic E-state index is 0.0201. The highest BCUT2D eigenvalue weighted by molar-refractivity contribution is 5.68. The molecule has 0 spiro atoms. The first-order valence-electron chi connectivity index (χ1n) is 4.38. The molecule has 0 amide bonds. The van der Waals surface area contributed by atoms with Gasteiger partial charge in [0.05, 0.1) is 19.3 Å². The van der Waals surface area contributed by atoms with Crippen molar-refractivity contribution >= 4 is 5.97 Å². The van der Waals surface area contributed by atoms with Gasteiger partial charge in [0.1, 0.15) is 0 Å². The van der Waals surface area contributed by atoms with Gasteiger partial charge in [-0.25, -0.2) is 0 Å². The molecule has 82 valence electrons. The molecule has 1 rings (SSSR count). The smallest absolute Gasteiger partial charge is 0.317 e. The maximum Gasteiger partial charge on any atom is 0.317 e. The first kappa shape index (κ1) is 11.4. The fraction of sp³-hybridized carbons (Fsp3) is 0.444. The third-order valence-electron chi connectivity index (χ3n) is 1.74. The molecule has 0 aliphatic carbocycles. The summed E-state index contributed by atoms with van der Waals surface area (Å²) in [7, 11) is 3.22. The largest absolute Gasteiger partial charge is 0.480 e. The molecule has 0 atom stereocenters. The van der Waals surface area contributed by atoms with E-state index in [1.807, 2.05) is 0 Å². The summed E-state index contributed by atoms with van der Waals surface area (Å²) in [6.45, 7) is 0.428. The molecule has 0 unspecified atom stereocenters. The van der Waals surface area contributed by atoms with Crippen LogP contribution in [0.3, 0.4) is 0 Å². The maximum atomic E-state index is 10.4. The normalized spacial score (nSPS) is 10.3.